The van der Waals surface area contributed by atoms with Crippen LogP contribution in [0.4, 0.5) is 0 Å². The molecule has 0 atom stereocenters. The third-order valence-corrected chi connectivity index (χ3v) is 7.23. The number of rotatable bonds is 6. The Morgan fingerprint density at radius 1 is 1.05 bits per heavy atom. The molecule has 22 heavy (non-hydrogen) atoms. The summed E-state index contributed by atoms with van der Waals surface area (Å²) in [5.74, 6) is -0.211. The summed E-state index contributed by atoms with van der Waals surface area (Å²) in [6, 6.07) is 4.86. The zero-order valence-electron chi connectivity index (χ0n) is 12.9. The molecule has 1 heterocycles. The summed E-state index contributed by atoms with van der Waals surface area (Å²) >= 11 is 0. The van der Waals surface area contributed by atoms with Crippen LogP contribution in [0, 0.1) is 13.8 Å². The van der Waals surface area contributed by atoms with E-state index in [4.69, 9.17) is 0 Å². The Bertz CT molecular complexity index is 736. The standard InChI is InChI=1S/C14H22N2O4S2/c1-12-5-6-14(11-13(12)2)22(19,20)15-7-10-21(17,18)16-8-3-4-9-16/h5-6,11,15H,3-4,7-10H2,1-2H3. The fourth-order valence-corrected chi connectivity index (χ4v) is 5.04. The number of hydrogen-bond donors (Lipinski definition) is 1. The Morgan fingerprint density at radius 3 is 2.27 bits per heavy atom. The molecule has 0 spiro atoms. The molecular formula is C14H22N2O4S2. The maximum atomic E-state index is 12.2. The number of nitrogens with zero attached hydrogens (tertiary/aromatic N) is 1. The van der Waals surface area contributed by atoms with E-state index >= 15 is 0 Å². The van der Waals surface area contributed by atoms with Crippen LogP contribution in [0.3, 0.4) is 0 Å². The third-order valence-electron chi connectivity index (χ3n) is 3.90. The van der Waals surface area contributed by atoms with E-state index < -0.39 is 20.0 Å². The van der Waals surface area contributed by atoms with Gasteiger partial charge in [0.2, 0.25) is 20.0 Å². The van der Waals surface area contributed by atoms with Crippen molar-refractivity contribution >= 4 is 20.0 Å². The first-order valence-corrected chi connectivity index (χ1v) is 10.4. The molecule has 0 unspecified atom stereocenters. The van der Waals surface area contributed by atoms with E-state index in [0.29, 0.717) is 13.1 Å². The zero-order valence-corrected chi connectivity index (χ0v) is 14.5. The topological polar surface area (TPSA) is 83.5 Å². The molecule has 0 aromatic heterocycles. The fraction of sp³-hybridized carbons (Fsp3) is 0.571. The fourth-order valence-electron chi connectivity index (χ4n) is 2.36. The van der Waals surface area contributed by atoms with Gasteiger partial charge in [0.05, 0.1) is 10.6 Å². The number of benzene rings is 1. The molecule has 0 amide bonds. The highest BCUT2D eigenvalue weighted by Crippen LogP contribution is 2.15. The van der Waals surface area contributed by atoms with Crippen molar-refractivity contribution in [3.63, 3.8) is 0 Å². The van der Waals surface area contributed by atoms with Gasteiger partial charge in [-0.1, -0.05) is 6.07 Å². The van der Waals surface area contributed by atoms with Crippen LogP contribution in [-0.2, 0) is 20.0 Å². The molecule has 0 saturated carbocycles. The van der Waals surface area contributed by atoms with E-state index in [0.717, 1.165) is 24.0 Å². The van der Waals surface area contributed by atoms with Crippen LogP contribution >= 0.6 is 0 Å². The van der Waals surface area contributed by atoms with Crippen molar-refractivity contribution < 1.29 is 16.8 Å². The molecule has 1 saturated heterocycles. The SMILES string of the molecule is Cc1ccc(S(=O)(=O)NCCS(=O)(=O)N2CCCC2)cc1C. The van der Waals surface area contributed by atoms with Crippen molar-refractivity contribution in [1.82, 2.24) is 9.03 Å². The normalized spacial score (nSPS) is 17.0. The van der Waals surface area contributed by atoms with Crippen molar-refractivity contribution in [3.8, 4) is 0 Å². The zero-order chi connectivity index (χ0) is 16.4. The largest absolute Gasteiger partial charge is 0.240 e. The molecule has 6 nitrogen and oxygen atoms in total. The third kappa shape index (κ3) is 4.07. The lowest BCUT2D eigenvalue weighted by molar-refractivity contribution is 0.477. The van der Waals surface area contributed by atoms with Gasteiger partial charge in [0.25, 0.3) is 0 Å². The minimum Gasteiger partial charge on any atom is -0.212 e. The lowest BCUT2D eigenvalue weighted by atomic mass is 10.1. The maximum Gasteiger partial charge on any atom is 0.240 e. The lowest BCUT2D eigenvalue weighted by Gasteiger charge is -2.15. The van der Waals surface area contributed by atoms with Gasteiger partial charge < -0.3 is 0 Å². The average Bonchev–Trinajstić information content (AvgIpc) is 2.96. The summed E-state index contributed by atoms with van der Waals surface area (Å²) in [7, 11) is -7.05. The minimum atomic E-state index is -3.68. The molecule has 1 aromatic rings. The monoisotopic (exact) mass is 346 g/mol. The van der Waals surface area contributed by atoms with E-state index in [-0.39, 0.29) is 17.2 Å². The number of sulfonamides is 2. The Morgan fingerprint density at radius 2 is 1.68 bits per heavy atom. The first-order valence-electron chi connectivity index (χ1n) is 7.27. The molecule has 2 rings (SSSR count). The minimum absolute atomic E-state index is 0.117. The summed E-state index contributed by atoms with van der Waals surface area (Å²) in [6.07, 6.45) is 1.74. The number of hydrogen-bond acceptors (Lipinski definition) is 4. The van der Waals surface area contributed by atoms with Crippen LogP contribution in [0.25, 0.3) is 0 Å². The van der Waals surface area contributed by atoms with Crippen LogP contribution in [0.1, 0.15) is 24.0 Å². The highest BCUT2D eigenvalue weighted by molar-refractivity contribution is 7.90. The molecule has 1 aliphatic rings. The van der Waals surface area contributed by atoms with Gasteiger partial charge in [0, 0.05) is 19.6 Å². The summed E-state index contributed by atoms with van der Waals surface area (Å²) in [4.78, 5) is 0.161. The molecule has 1 aromatic carbocycles. The Kier molecular flexibility index (Phi) is 5.26. The van der Waals surface area contributed by atoms with Gasteiger partial charge in [-0.05, 0) is 49.9 Å². The molecule has 1 aliphatic heterocycles. The van der Waals surface area contributed by atoms with E-state index in [1.165, 1.54) is 10.4 Å². The van der Waals surface area contributed by atoms with Gasteiger partial charge in [-0.3, -0.25) is 0 Å². The highest BCUT2D eigenvalue weighted by Gasteiger charge is 2.25. The van der Waals surface area contributed by atoms with Crippen LogP contribution in [0.2, 0.25) is 0 Å². The lowest BCUT2D eigenvalue weighted by Crippen LogP contribution is -2.36. The van der Waals surface area contributed by atoms with E-state index in [9.17, 15) is 16.8 Å². The summed E-state index contributed by atoms with van der Waals surface area (Å²) < 4.78 is 52.3. The highest BCUT2D eigenvalue weighted by atomic mass is 32.2. The molecule has 1 fully saturated rings. The number of nitrogens with one attached hydrogen (secondary N) is 1. The van der Waals surface area contributed by atoms with Crippen molar-refractivity contribution in [3.05, 3.63) is 29.3 Å². The van der Waals surface area contributed by atoms with Gasteiger partial charge in [0.15, 0.2) is 0 Å². The van der Waals surface area contributed by atoms with Crippen molar-refractivity contribution in [2.24, 2.45) is 0 Å². The Hall–Kier alpha value is -0.960. The van der Waals surface area contributed by atoms with Gasteiger partial charge in [0.1, 0.15) is 0 Å². The van der Waals surface area contributed by atoms with Crippen molar-refractivity contribution in [2.75, 3.05) is 25.4 Å². The van der Waals surface area contributed by atoms with Crippen LogP contribution in [0.5, 0.6) is 0 Å². The van der Waals surface area contributed by atoms with Crippen molar-refractivity contribution in [1.29, 1.82) is 0 Å². The average molecular weight is 346 g/mol. The van der Waals surface area contributed by atoms with Crippen LogP contribution in [0.15, 0.2) is 23.1 Å². The van der Waals surface area contributed by atoms with Gasteiger partial charge in [-0.15, -0.1) is 0 Å². The van der Waals surface area contributed by atoms with E-state index in [2.05, 4.69) is 4.72 Å². The summed E-state index contributed by atoms with van der Waals surface area (Å²) in [6.45, 7) is 4.69. The first kappa shape index (κ1) is 17.4. The summed E-state index contributed by atoms with van der Waals surface area (Å²) in [5, 5.41) is 0. The molecular weight excluding hydrogens is 324 g/mol. The quantitative estimate of drug-likeness (QED) is 0.833. The van der Waals surface area contributed by atoms with Gasteiger partial charge in [-0.2, -0.15) is 0 Å². The molecule has 124 valence electrons. The molecule has 0 aliphatic carbocycles. The van der Waals surface area contributed by atoms with Crippen LogP contribution < -0.4 is 4.72 Å². The van der Waals surface area contributed by atoms with Crippen LogP contribution in [-0.4, -0.2) is 46.5 Å². The van der Waals surface area contributed by atoms with Crippen molar-refractivity contribution in [2.45, 2.75) is 31.6 Å². The Labute approximate surface area is 132 Å². The van der Waals surface area contributed by atoms with E-state index in [1.54, 1.807) is 12.1 Å². The molecule has 0 bridgehead atoms. The first-order chi connectivity index (χ1) is 10.2. The van der Waals surface area contributed by atoms with E-state index in [1.807, 2.05) is 13.8 Å². The number of aryl methyl sites for hydroxylation is 2. The second-order valence-corrected chi connectivity index (χ2v) is 9.42. The second kappa shape index (κ2) is 6.66. The maximum absolute atomic E-state index is 12.2. The molecule has 1 N–H and O–H groups in total. The molecule has 0 radical (unpaired) electrons. The van der Waals surface area contributed by atoms with Gasteiger partial charge in [-0.25, -0.2) is 25.9 Å². The molecule has 8 heteroatoms. The summed E-state index contributed by atoms with van der Waals surface area (Å²) in [5.41, 5.74) is 1.89. The second-order valence-electron chi connectivity index (χ2n) is 5.57. The van der Waals surface area contributed by atoms with Gasteiger partial charge >= 0.3 is 0 Å². The Balaban J connectivity index is 1.99. The smallest absolute Gasteiger partial charge is 0.212 e. The predicted octanol–water partition coefficient (Wildman–Crippen LogP) is 1.01. The predicted molar refractivity (Wildman–Crippen MR) is 85.7 cm³/mol.